The normalized spacial score (nSPS) is 28.3. The van der Waals surface area contributed by atoms with Gasteiger partial charge in [0, 0.05) is 12.1 Å². The summed E-state index contributed by atoms with van der Waals surface area (Å²) in [5, 5.41) is 9.64. The van der Waals surface area contributed by atoms with E-state index in [4.69, 9.17) is 0 Å². The maximum absolute atomic E-state index is 13.8. The van der Waals surface area contributed by atoms with Gasteiger partial charge in [-0.3, -0.25) is 0 Å². The van der Waals surface area contributed by atoms with Crippen molar-refractivity contribution in [1.29, 1.82) is 0 Å². The first-order chi connectivity index (χ1) is 10.7. The van der Waals surface area contributed by atoms with Crippen molar-refractivity contribution in [2.75, 3.05) is 0 Å². The van der Waals surface area contributed by atoms with Gasteiger partial charge >= 0.3 is 0 Å². The molecule has 10 heteroatoms. The van der Waals surface area contributed by atoms with Gasteiger partial charge in [-0.05, 0) is 25.7 Å². The zero-order valence-corrected chi connectivity index (χ0v) is 12.4. The Bertz CT molecular complexity index is 726. The number of hydrogen-bond donors (Lipinski definition) is 1. The minimum Gasteiger partial charge on any atom is -0.393 e. The molecule has 1 aromatic rings. The highest BCUT2D eigenvalue weighted by atomic mass is 32.2. The van der Waals surface area contributed by atoms with Crippen LogP contribution in [-0.4, -0.2) is 36.0 Å². The van der Waals surface area contributed by atoms with Crippen molar-refractivity contribution >= 4 is 10.0 Å². The number of aliphatic hydroxyl groups excluding tert-OH is 1. The molecule has 0 aromatic heterocycles. The number of rotatable bonds is 2. The van der Waals surface area contributed by atoms with E-state index in [0.717, 1.165) is 4.31 Å². The van der Waals surface area contributed by atoms with E-state index in [9.17, 15) is 35.5 Å². The smallest absolute Gasteiger partial charge is 0.249 e. The van der Waals surface area contributed by atoms with E-state index in [1.54, 1.807) is 0 Å². The van der Waals surface area contributed by atoms with Crippen LogP contribution in [0.5, 0.6) is 0 Å². The minimum absolute atomic E-state index is 0.0606. The van der Waals surface area contributed by atoms with Gasteiger partial charge in [-0.25, -0.2) is 30.4 Å². The van der Waals surface area contributed by atoms with Crippen LogP contribution in [-0.2, 0) is 10.0 Å². The molecule has 128 valence electrons. The molecule has 23 heavy (non-hydrogen) atoms. The second-order valence-corrected chi connectivity index (χ2v) is 7.52. The average Bonchev–Trinajstić information content (AvgIpc) is 2.76. The van der Waals surface area contributed by atoms with Gasteiger partial charge in [-0.15, -0.1) is 0 Å². The Balaban J connectivity index is 2.16. The molecule has 0 saturated carbocycles. The van der Waals surface area contributed by atoms with Gasteiger partial charge in [-0.2, -0.15) is 4.31 Å². The van der Waals surface area contributed by atoms with Gasteiger partial charge in [0.2, 0.25) is 15.8 Å². The highest BCUT2D eigenvalue weighted by molar-refractivity contribution is 7.89. The van der Waals surface area contributed by atoms with Gasteiger partial charge in [0.05, 0.1) is 6.10 Å². The van der Waals surface area contributed by atoms with Gasteiger partial charge < -0.3 is 5.11 Å². The second kappa shape index (κ2) is 5.38. The van der Waals surface area contributed by atoms with E-state index < -0.39 is 62.2 Å². The number of nitrogens with zero attached hydrogens (tertiary/aromatic N) is 1. The standard InChI is InChI=1S/C13H12F5NO3S/c14-8-9(15)11(17)13(12(18)10(8)16)23(21,22)19-5-1-2-6(19)4-7(20)3-5/h5-7,20H,1-4H2. The Morgan fingerprint density at radius 3 is 1.65 bits per heavy atom. The van der Waals surface area contributed by atoms with E-state index in [1.807, 2.05) is 0 Å². The van der Waals surface area contributed by atoms with Crippen LogP contribution in [0, 0.1) is 29.1 Å². The Labute approximate surface area is 128 Å². The third-order valence-corrected chi connectivity index (χ3v) is 6.37. The van der Waals surface area contributed by atoms with Crippen molar-refractivity contribution in [1.82, 2.24) is 4.31 Å². The number of halogens is 5. The quantitative estimate of drug-likeness (QED) is 0.501. The molecular weight excluding hydrogens is 345 g/mol. The lowest BCUT2D eigenvalue weighted by atomic mass is 10.0. The van der Waals surface area contributed by atoms with Crippen molar-refractivity contribution < 1.29 is 35.5 Å². The molecule has 0 spiro atoms. The molecule has 0 amide bonds. The van der Waals surface area contributed by atoms with Crippen LogP contribution in [0.4, 0.5) is 22.0 Å². The van der Waals surface area contributed by atoms with Crippen molar-refractivity contribution in [2.24, 2.45) is 0 Å². The largest absolute Gasteiger partial charge is 0.393 e. The molecule has 2 fully saturated rings. The highest BCUT2D eigenvalue weighted by Crippen LogP contribution is 2.41. The number of piperidine rings is 1. The van der Waals surface area contributed by atoms with Crippen molar-refractivity contribution in [2.45, 2.75) is 48.8 Å². The summed E-state index contributed by atoms with van der Waals surface area (Å²) >= 11 is 0. The fourth-order valence-electron chi connectivity index (χ4n) is 3.41. The predicted molar refractivity (Wildman–Crippen MR) is 67.3 cm³/mol. The second-order valence-electron chi connectivity index (χ2n) is 5.74. The molecule has 2 heterocycles. The lowest BCUT2D eigenvalue weighted by molar-refractivity contribution is 0.0766. The number of sulfonamides is 1. The fraction of sp³-hybridized carbons (Fsp3) is 0.538. The zero-order chi connectivity index (χ0) is 17.1. The van der Waals surface area contributed by atoms with Crippen LogP contribution >= 0.6 is 0 Å². The summed E-state index contributed by atoms with van der Waals surface area (Å²) in [5.41, 5.74) is 0. The maximum Gasteiger partial charge on any atom is 0.249 e. The molecule has 1 aromatic carbocycles. The van der Waals surface area contributed by atoms with Gasteiger partial charge in [0.25, 0.3) is 0 Å². The molecule has 2 saturated heterocycles. The first-order valence-electron chi connectivity index (χ1n) is 6.89. The minimum atomic E-state index is -4.92. The molecule has 2 aliphatic rings. The molecule has 1 N–H and O–H groups in total. The lowest BCUT2D eigenvalue weighted by Crippen LogP contribution is -2.48. The van der Waals surface area contributed by atoms with E-state index >= 15 is 0 Å². The molecular formula is C13H12F5NO3S. The topological polar surface area (TPSA) is 57.6 Å². The van der Waals surface area contributed by atoms with Crippen LogP contribution in [0.2, 0.25) is 0 Å². The summed E-state index contributed by atoms with van der Waals surface area (Å²) in [4.78, 5) is -1.83. The van der Waals surface area contributed by atoms with E-state index in [2.05, 4.69) is 0 Å². The molecule has 0 radical (unpaired) electrons. The zero-order valence-electron chi connectivity index (χ0n) is 11.6. The number of aliphatic hydroxyl groups is 1. The third kappa shape index (κ3) is 2.34. The molecule has 2 atom stereocenters. The van der Waals surface area contributed by atoms with E-state index in [-0.39, 0.29) is 12.8 Å². The van der Waals surface area contributed by atoms with Crippen LogP contribution in [0.25, 0.3) is 0 Å². The molecule has 3 rings (SSSR count). The molecule has 2 unspecified atom stereocenters. The number of fused-ring (bicyclic) bond motifs is 2. The predicted octanol–water partition coefficient (Wildman–Crippen LogP) is 2.06. The SMILES string of the molecule is O=S(=O)(c1c(F)c(F)c(F)c(F)c1F)N1C2CCC1CC(O)C2. The monoisotopic (exact) mass is 357 g/mol. The molecule has 2 bridgehead atoms. The van der Waals surface area contributed by atoms with Crippen molar-refractivity contribution in [3.05, 3.63) is 29.1 Å². The van der Waals surface area contributed by atoms with E-state index in [1.165, 1.54) is 0 Å². The summed E-state index contributed by atoms with van der Waals surface area (Å²) in [6.45, 7) is 0. The van der Waals surface area contributed by atoms with Crippen molar-refractivity contribution in [3.63, 3.8) is 0 Å². The molecule has 2 aliphatic heterocycles. The van der Waals surface area contributed by atoms with Gasteiger partial charge in [0.15, 0.2) is 28.2 Å². The first-order valence-corrected chi connectivity index (χ1v) is 8.33. The molecule has 4 nitrogen and oxygen atoms in total. The van der Waals surface area contributed by atoms with Gasteiger partial charge in [0.1, 0.15) is 0 Å². The summed E-state index contributed by atoms with van der Waals surface area (Å²) in [7, 11) is -4.92. The van der Waals surface area contributed by atoms with E-state index in [0.29, 0.717) is 12.8 Å². The lowest BCUT2D eigenvalue weighted by Gasteiger charge is -2.36. The van der Waals surface area contributed by atoms with Crippen LogP contribution < -0.4 is 0 Å². The van der Waals surface area contributed by atoms with Gasteiger partial charge in [-0.1, -0.05) is 0 Å². The van der Waals surface area contributed by atoms with Crippen molar-refractivity contribution in [3.8, 4) is 0 Å². The Morgan fingerprint density at radius 2 is 1.22 bits per heavy atom. The Kier molecular flexibility index (Phi) is 3.88. The number of benzene rings is 1. The number of hydrogen-bond acceptors (Lipinski definition) is 3. The van der Waals surface area contributed by atoms with Crippen LogP contribution in [0.3, 0.4) is 0 Å². The maximum atomic E-state index is 13.8. The first kappa shape index (κ1) is 16.6. The Morgan fingerprint density at radius 1 is 0.826 bits per heavy atom. The van der Waals surface area contributed by atoms with Crippen LogP contribution in [0.15, 0.2) is 4.90 Å². The summed E-state index contributed by atoms with van der Waals surface area (Å²) < 4.78 is 93.1. The summed E-state index contributed by atoms with van der Waals surface area (Å²) in [5.74, 6) is -11.7. The average molecular weight is 357 g/mol. The Hall–Kier alpha value is -1.26. The summed E-state index contributed by atoms with van der Waals surface area (Å²) in [6.07, 6.45) is 0.0820. The highest BCUT2D eigenvalue weighted by Gasteiger charge is 2.49. The molecule has 0 aliphatic carbocycles. The third-order valence-electron chi connectivity index (χ3n) is 4.35. The van der Waals surface area contributed by atoms with Crippen LogP contribution in [0.1, 0.15) is 25.7 Å². The fourth-order valence-corrected chi connectivity index (χ4v) is 5.43. The summed E-state index contributed by atoms with van der Waals surface area (Å²) in [6, 6.07) is -1.44.